The molecule has 0 saturated carbocycles. The minimum atomic E-state index is -0.492. The van der Waals surface area contributed by atoms with E-state index >= 15 is 0 Å². The fourth-order valence-corrected chi connectivity index (χ4v) is 3.77. The first-order valence-electron chi connectivity index (χ1n) is 9.16. The molecular formula is C21H21N5O2S. The molecule has 0 atom stereocenters. The summed E-state index contributed by atoms with van der Waals surface area (Å²) in [7, 11) is 1.92. The van der Waals surface area contributed by atoms with Crippen LogP contribution in [-0.4, -0.2) is 26.8 Å². The van der Waals surface area contributed by atoms with Crippen LogP contribution >= 0.6 is 11.3 Å². The summed E-state index contributed by atoms with van der Waals surface area (Å²) in [5.74, 6) is 0.146. The van der Waals surface area contributed by atoms with E-state index in [0.29, 0.717) is 22.1 Å². The van der Waals surface area contributed by atoms with Gasteiger partial charge in [-0.15, -0.1) is 11.3 Å². The molecule has 4 aromatic rings. The molecule has 7 nitrogen and oxygen atoms in total. The molecule has 0 saturated heterocycles. The molecule has 148 valence electrons. The van der Waals surface area contributed by atoms with E-state index in [2.05, 4.69) is 16.5 Å². The third kappa shape index (κ3) is 3.93. The number of primary amides is 1. The van der Waals surface area contributed by atoms with Gasteiger partial charge in [0.1, 0.15) is 5.75 Å². The monoisotopic (exact) mass is 407 g/mol. The maximum atomic E-state index is 11.6. The number of fused-ring (bicyclic) bond motifs is 1. The Bertz CT molecular complexity index is 1190. The number of aryl methyl sites for hydroxylation is 1. The summed E-state index contributed by atoms with van der Waals surface area (Å²) in [5, 5.41) is 11.3. The van der Waals surface area contributed by atoms with Gasteiger partial charge in [0.05, 0.1) is 29.2 Å². The van der Waals surface area contributed by atoms with Gasteiger partial charge in [-0.3, -0.25) is 9.48 Å². The van der Waals surface area contributed by atoms with Crippen LogP contribution in [0.25, 0.3) is 22.2 Å². The second kappa shape index (κ2) is 7.56. The van der Waals surface area contributed by atoms with Gasteiger partial charge in [0.15, 0.2) is 5.13 Å². The number of hydrogen-bond donors (Lipinski definition) is 2. The van der Waals surface area contributed by atoms with E-state index in [1.165, 1.54) is 11.3 Å². The number of anilines is 2. The Balaban J connectivity index is 1.64. The van der Waals surface area contributed by atoms with Gasteiger partial charge in [-0.1, -0.05) is 6.07 Å². The zero-order valence-electron chi connectivity index (χ0n) is 16.3. The Morgan fingerprint density at radius 2 is 2.07 bits per heavy atom. The molecule has 4 rings (SSSR count). The number of carbonyl (C=O) groups excluding carboxylic acids is 1. The number of ether oxygens (including phenoxy) is 1. The lowest BCUT2D eigenvalue weighted by Gasteiger charge is -2.15. The van der Waals surface area contributed by atoms with Crippen molar-refractivity contribution in [2.75, 3.05) is 5.32 Å². The minimum absolute atomic E-state index is 0.00644. The maximum Gasteiger partial charge on any atom is 0.248 e. The lowest BCUT2D eigenvalue weighted by atomic mass is 10.1. The number of hydrogen-bond acceptors (Lipinski definition) is 6. The Kier molecular flexibility index (Phi) is 4.94. The largest absolute Gasteiger partial charge is 0.489 e. The SMILES string of the molecule is CC(C)Oc1ccc(C(N)=O)cc1Nc1nc(-c2ccc3c(cnn3C)c2)cs1. The van der Waals surface area contributed by atoms with Crippen LogP contribution < -0.4 is 15.8 Å². The summed E-state index contributed by atoms with van der Waals surface area (Å²) in [6.07, 6.45) is 1.84. The number of rotatable bonds is 6. The summed E-state index contributed by atoms with van der Waals surface area (Å²) in [6, 6.07) is 11.2. The average Bonchev–Trinajstić information content (AvgIpc) is 3.29. The number of nitrogens with two attached hydrogens (primary N) is 1. The van der Waals surface area contributed by atoms with E-state index in [0.717, 1.165) is 22.2 Å². The lowest BCUT2D eigenvalue weighted by molar-refractivity contribution is 0.100. The summed E-state index contributed by atoms with van der Waals surface area (Å²) in [5.41, 5.74) is 9.43. The first-order chi connectivity index (χ1) is 13.9. The summed E-state index contributed by atoms with van der Waals surface area (Å²) < 4.78 is 7.69. The predicted octanol–water partition coefficient (Wildman–Crippen LogP) is 4.33. The molecule has 2 aromatic carbocycles. The van der Waals surface area contributed by atoms with Crippen molar-refractivity contribution in [2.24, 2.45) is 12.8 Å². The Morgan fingerprint density at radius 1 is 1.24 bits per heavy atom. The molecular weight excluding hydrogens is 386 g/mol. The van der Waals surface area contributed by atoms with E-state index in [-0.39, 0.29) is 6.10 Å². The number of thiazole rings is 1. The quantitative estimate of drug-likeness (QED) is 0.496. The molecule has 29 heavy (non-hydrogen) atoms. The summed E-state index contributed by atoms with van der Waals surface area (Å²) in [6.45, 7) is 3.89. The molecule has 2 heterocycles. The van der Waals surface area contributed by atoms with Crippen molar-refractivity contribution >= 4 is 39.0 Å². The molecule has 0 unspecified atom stereocenters. The molecule has 0 aliphatic rings. The van der Waals surface area contributed by atoms with Crippen LogP contribution in [0.15, 0.2) is 48.0 Å². The molecule has 0 aliphatic heterocycles. The van der Waals surface area contributed by atoms with Crippen molar-refractivity contribution in [1.82, 2.24) is 14.8 Å². The molecule has 2 aromatic heterocycles. The van der Waals surface area contributed by atoms with Gasteiger partial charge in [0.25, 0.3) is 0 Å². The van der Waals surface area contributed by atoms with Crippen molar-refractivity contribution in [3.05, 3.63) is 53.5 Å². The van der Waals surface area contributed by atoms with Gasteiger partial charge < -0.3 is 15.8 Å². The highest BCUT2D eigenvalue weighted by Crippen LogP contribution is 2.33. The van der Waals surface area contributed by atoms with E-state index in [9.17, 15) is 4.79 Å². The Hall–Kier alpha value is -3.39. The molecule has 3 N–H and O–H groups in total. The van der Waals surface area contributed by atoms with Crippen LogP contribution in [0.4, 0.5) is 10.8 Å². The fourth-order valence-electron chi connectivity index (χ4n) is 3.04. The van der Waals surface area contributed by atoms with Crippen LogP contribution in [0.1, 0.15) is 24.2 Å². The van der Waals surface area contributed by atoms with Crippen molar-refractivity contribution < 1.29 is 9.53 Å². The Morgan fingerprint density at radius 3 is 2.83 bits per heavy atom. The van der Waals surface area contributed by atoms with Crippen LogP contribution in [0, 0.1) is 0 Å². The van der Waals surface area contributed by atoms with Gasteiger partial charge in [0.2, 0.25) is 5.91 Å². The van der Waals surface area contributed by atoms with Crippen molar-refractivity contribution in [3.8, 4) is 17.0 Å². The van der Waals surface area contributed by atoms with Crippen LogP contribution in [0.3, 0.4) is 0 Å². The van der Waals surface area contributed by atoms with Gasteiger partial charge >= 0.3 is 0 Å². The second-order valence-corrected chi connectivity index (χ2v) is 7.80. The molecule has 0 radical (unpaired) electrons. The normalized spacial score (nSPS) is 11.2. The highest BCUT2D eigenvalue weighted by atomic mass is 32.1. The number of carbonyl (C=O) groups is 1. The molecule has 0 fully saturated rings. The zero-order chi connectivity index (χ0) is 20.5. The van der Waals surface area contributed by atoms with Gasteiger partial charge in [0, 0.05) is 28.9 Å². The molecule has 0 bridgehead atoms. The number of nitrogens with zero attached hydrogens (tertiary/aromatic N) is 3. The van der Waals surface area contributed by atoms with Crippen molar-refractivity contribution in [2.45, 2.75) is 20.0 Å². The topological polar surface area (TPSA) is 95.1 Å². The number of nitrogens with one attached hydrogen (secondary N) is 1. The van der Waals surface area contributed by atoms with Gasteiger partial charge in [-0.25, -0.2) is 4.98 Å². The Labute approximate surface area is 172 Å². The fraction of sp³-hybridized carbons (Fsp3) is 0.190. The van der Waals surface area contributed by atoms with Crippen molar-refractivity contribution in [3.63, 3.8) is 0 Å². The number of benzene rings is 2. The predicted molar refractivity (Wildman–Crippen MR) is 116 cm³/mol. The summed E-state index contributed by atoms with van der Waals surface area (Å²) in [4.78, 5) is 16.3. The standard InChI is InChI=1S/C21H21N5O2S/c1-12(2)28-19-7-5-14(20(22)27)9-16(19)24-21-25-17(11-29-21)13-4-6-18-15(8-13)10-23-26(18)3/h4-12H,1-3H3,(H2,22,27)(H,24,25). The first-order valence-corrected chi connectivity index (χ1v) is 10.0. The van der Waals surface area contributed by atoms with Gasteiger partial charge in [-0.2, -0.15) is 5.10 Å². The first kappa shape index (κ1) is 18.9. The van der Waals surface area contributed by atoms with Crippen LogP contribution in [-0.2, 0) is 7.05 Å². The molecule has 1 amide bonds. The second-order valence-electron chi connectivity index (χ2n) is 6.95. The number of amides is 1. The summed E-state index contributed by atoms with van der Waals surface area (Å²) >= 11 is 1.48. The third-order valence-electron chi connectivity index (χ3n) is 4.41. The molecule has 0 spiro atoms. The van der Waals surface area contributed by atoms with E-state index in [1.807, 2.05) is 49.3 Å². The highest BCUT2D eigenvalue weighted by Gasteiger charge is 2.13. The van der Waals surface area contributed by atoms with Gasteiger partial charge in [-0.05, 0) is 44.2 Å². The third-order valence-corrected chi connectivity index (χ3v) is 5.17. The van der Waals surface area contributed by atoms with Crippen molar-refractivity contribution in [1.29, 1.82) is 0 Å². The molecule has 8 heteroatoms. The number of aromatic nitrogens is 3. The molecule has 0 aliphatic carbocycles. The lowest BCUT2D eigenvalue weighted by Crippen LogP contribution is -2.12. The smallest absolute Gasteiger partial charge is 0.248 e. The maximum absolute atomic E-state index is 11.6. The van der Waals surface area contributed by atoms with E-state index < -0.39 is 5.91 Å². The van der Waals surface area contributed by atoms with E-state index in [4.69, 9.17) is 15.5 Å². The van der Waals surface area contributed by atoms with E-state index in [1.54, 1.807) is 18.2 Å². The van der Waals surface area contributed by atoms with Crippen LogP contribution in [0.2, 0.25) is 0 Å². The van der Waals surface area contributed by atoms with Crippen LogP contribution in [0.5, 0.6) is 5.75 Å². The minimum Gasteiger partial charge on any atom is -0.489 e. The highest BCUT2D eigenvalue weighted by molar-refractivity contribution is 7.14. The average molecular weight is 407 g/mol. The zero-order valence-corrected chi connectivity index (χ0v) is 17.2.